The third-order valence-corrected chi connectivity index (χ3v) is 4.35. The number of hydrogen-bond donors (Lipinski definition) is 0. The normalized spacial score (nSPS) is 10.5. The number of ether oxygens (including phenoxy) is 5. The number of methoxy groups -OCH3 is 3. The molecule has 2 aromatic carbocycles. The van der Waals surface area contributed by atoms with Gasteiger partial charge in [-0.05, 0) is 36.2 Å². The predicted molar refractivity (Wildman–Crippen MR) is 112 cm³/mol. The van der Waals surface area contributed by atoms with Gasteiger partial charge in [0.25, 0.3) is 0 Å². The number of rotatable bonds is 10. The monoisotopic (exact) mass is 436 g/mol. The highest BCUT2D eigenvalue weighted by atomic mass is 35.5. The van der Waals surface area contributed by atoms with E-state index in [0.29, 0.717) is 35.2 Å². The van der Waals surface area contributed by atoms with Gasteiger partial charge in [0.05, 0.1) is 38.5 Å². The van der Waals surface area contributed by atoms with E-state index >= 15 is 0 Å². The van der Waals surface area contributed by atoms with Gasteiger partial charge in [0.1, 0.15) is 0 Å². The fourth-order valence-electron chi connectivity index (χ4n) is 2.54. The number of benzene rings is 2. The maximum atomic E-state index is 12.4. The summed E-state index contributed by atoms with van der Waals surface area (Å²) in [6.45, 7) is 4.00. The van der Waals surface area contributed by atoms with Crippen LogP contribution < -0.4 is 18.9 Å². The van der Waals surface area contributed by atoms with Gasteiger partial charge < -0.3 is 23.7 Å². The second-order valence-electron chi connectivity index (χ2n) is 6.76. The van der Waals surface area contributed by atoms with Crippen molar-refractivity contribution in [1.82, 2.24) is 0 Å². The van der Waals surface area contributed by atoms with E-state index in [2.05, 4.69) is 0 Å². The zero-order chi connectivity index (χ0) is 22.3. The predicted octanol–water partition coefficient (Wildman–Crippen LogP) is 4.44. The molecule has 0 radical (unpaired) electrons. The highest BCUT2D eigenvalue weighted by Gasteiger charge is 2.19. The Morgan fingerprint density at radius 1 is 0.900 bits per heavy atom. The van der Waals surface area contributed by atoms with Crippen LogP contribution in [0.1, 0.15) is 34.6 Å². The van der Waals surface area contributed by atoms with E-state index in [-0.39, 0.29) is 22.3 Å². The average molecular weight is 437 g/mol. The van der Waals surface area contributed by atoms with E-state index in [1.807, 2.05) is 13.8 Å². The molecular weight excluding hydrogens is 412 g/mol. The van der Waals surface area contributed by atoms with Crippen LogP contribution in [0.4, 0.5) is 0 Å². The third-order valence-electron chi connectivity index (χ3n) is 4.07. The molecule has 0 fully saturated rings. The molecule has 0 spiro atoms. The van der Waals surface area contributed by atoms with Crippen LogP contribution in [0.5, 0.6) is 23.0 Å². The third kappa shape index (κ3) is 5.79. The first-order valence-corrected chi connectivity index (χ1v) is 9.61. The highest BCUT2D eigenvalue weighted by Crippen LogP contribution is 2.37. The zero-order valence-electron chi connectivity index (χ0n) is 17.6. The van der Waals surface area contributed by atoms with Crippen LogP contribution in [-0.4, -0.2) is 46.3 Å². The SMILES string of the molecule is COc1ccc(C(=O)COC(=O)c2cc(Cl)c(OCC(C)C)c(OC)c2)cc1OC. The largest absolute Gasteiger partial charge is 0.493 e. The molecule has 0 aromatic heterocycles. The lowest BCUT2D eigenvalue weighted by molar-refractivity contribution is 0.0474. The summed E-state index contributed by atoms with van der Waals surface area (Å²) in [5.74, 6) is 0.750. The summed E-state index contributed by atoms with van der Waals surface area (Å²) < 4.78 is 26.4. The lowest BCUT2D eigenvalue weighted by Gasteiger charge is -2.15. The molecule has 0 aliphatic carbocycles. The van der Waals surface area contributed by atoms with Crippen LogP contribution in [0.3, 0.4) is 0 Å². The maximum absolute atomic E-state index is 12.4. The molecule has 0 saturated heterocycles. The van der Waals surface area contributed by atoms with Gasteiger partial charge >= 0.3 is 5.97 Å². The smallest absolute Gasteiger partial charge is 0.338 e. The number of Topliss-reactive ketones (excluding diaryl/α,β-unsaturated/α-hetero) is 1. The molecule has 8 heteroatoms. The van der Waals surface area contributed by atoms with Crippen molar-refractivity contribution in [2.75, 3.05) is 34.5 Å². The van der Waals surface area contributed by atoms with Gasteiger partial charge in [0.2, 0.25) is 0 Å². The maximum Gasteiger partial charge on any atom is 0.338 e. The average Bonchev–Trinajstić information content (AvgIpc) is 2.74. The number of carbonyl (C=O) groups excluding carboxylic acids is 2. The Labute approximate surface area is 180 Å². The number of hydrogen-bond acceptors (Lipinski definition) is 7. The molecule has 0 aliphatic rings. The summed E-state index contributed by atoms with van der Waals surface area (Å²) in [5, 5.41) is 0.216. The van der Waals surface area contributed by atoms with Gasteiger partial charge in [-0.1, -0.05) is 25.4 Å². The van der Waals surface area contributed by atoms with Gasteiger partial charge in [-0.25, -0.2) is 4.79 Å². The second-order valence-corrected chi connectivity index (χ2v) is 7.17. The Kier molecular flexibility index (Phi) is 8.35. The molecule has 162 valence electrons. The minimum Gasteiger partial charge on any atom is -0.493 e. The molecule has 0 N–H and O–H groups in total. The molecule has 0 heterocycles. The fourth-order valence-corrected chi connectivity index (χ4v) is 2.80. The molecule has 30 heavy (non-hydrogen) atoms. The van der Waals surface area contributed by atoms with Gasteiger partial charge in [0, 0.05) is 5.56 Å². The van der Waals surface area contributed by atoms with Crippen molar-refractivity contribution in [1.29, 1.82) is 0 Å². The molecule has 0 bridgehead atoms. The van der Waals surface area contributed by atoms with Crippen molar-refractivity contribution in [3.63, 3.8) is 0 Å². The van der Waals surface area contributed by atoms with Crippen LogP contribution >= 0.6 is 11.6 Å². The summed E-state index contributed by atoms with van der Waals surface area (Å²) >= 11 is 6.26. The minimum absolute atomic E-state index is 0.147. The highest BCUT2D eigenvalue weighted by molar-refractivity contribution is 6.32. The zero-order valence-corrected chi connectivity index (χ0v) is 18.4. The van der Waals surface area contributed by atoms with Crippen molar-refractivity contribution in [3.05, 3.63) is 46.5 Å². The van der Waals surface area contributed by atoms with Gasteiger partial charge in [0.15, 0.2) is 35.4 Å². The number of esters is 1. The van der Waals surface area contributed by atoms with Crippen LogP contribution in [0.25, 0.3) is 0 Å². The molecule has 0 amide bonds. The van der Waals surface area contributed by atoms with Gasteiger partial charge in [-0.15, -0.1) is 0 Å². The summed E-state index contributed by atoms with van der Waals surface area (Å²) in [6.07, 6.45) is 0. The lowest BCUT2D eigenvalue weighted by Crippen LogP contribution is -2.15. The van der Waals surface area contributed by atoms with E-state index in [9.17, 15) is 9.59 Å². The Morgan fingerprint density at radius 2 is 1.53 bits per heavy atom. The van der Waals surface area contributed by atoms with Crippen LogP contribution in [0.2, 0.25) is 5.02 Å². The first-order chi connectivity index (χ1) is 14.3. The molecule has 7 nitrogen and oxygen atoms in total. The Hall–Kier alpha value is -2.93. The van der Waals surface area contributed by atoms with Gasteiger partial charge in [-0.3, -0.25) is 4.79 Å². The van der Waals surface area contributed by atoms with Crippen LogP contribution in [0.15, 0.2) is 30.3 Å². The molecule has 0 saturated carbocycles. The Morgan fingerprint density at radius 3 is 2.13 bits per heavy atom. The van der Waals surface area contributed by atoms with Crippen molar-refractivity contribution in [2.45, 2.75) is 13.8 Å². The minimum atomic E-state index is -0.709. The first kappa shape index (κ1) is 23.3. The number of halogens is 1. The van der Waals surface area contributed by atoms with E-state index in [4.69, 9.17) is 35.3 Å². The molecular formula is C22H25ClO7. The molecule has 0 aliphatic heterocycles. The standard InChI is InChI=1S/C22H25ClO7/c1-13(2)11-29-21-16(23)8-15(10-20(21)28-5)22(25)30-12-17(24)14-6-7-18(26-3)19(9-14)27-4/h6-10,13H,11-12H2,1-5H3. The summed E-state index contributed by atoms with van der Waals surface area (Å²) in [4.78, 5) is 24.8. The lowest BCUT2D eigenvalue weighted by atomic mass is 10.1. The summed E-state index contributed by atoms with van der Waals surface area (Å²) in [5.41, 5.74) is 0.474. The molecule has 0 atom stereocenters. The van der Waals surface area contributed by atoms with E-state index in [0.717, 1.165) is 0 Å². The summed E-state index contributed by atoms with van der Waals surface area (Å²) in [7, 11) is 4.42. The van der Waals surface area contributed by atoms with Crippen LogP contribution in [0, 0.1) is 5.92 Å². The van der Waals surface area contributed by atoms with Crippen molar-refractivity contribution >= 4 is 23.4 Å². The molecule has 2 rings (SSSR count). The fraction of sp³-hybridized carbons (Fsp3) is 0.364. The first-order valence-electron chi connectivity index (χ1n) is 9.23. The molecule has 2 aromatic rings. The Bertz CT molecular complexity index is 909. The quantitative estimate of drug-likeness (QED) is 0.402. The van der Waals surface area contributed by atoms with Crippen molar-refractivity contribution in [3.8, 4) is 23.0 Å². The number of ketones is 1. The van der Waals surface area contributed by atoms with Crippen LogP contribution in [-0.2, 0) is 4.74 Å². The summed E-state index contributed by atoms with van der Waals surface area (Å²) in [6, 6.07) is 7.58. The van der Waals surface area contributed by atoms with E-state index < -0.39 is 12.6 Å². The second kappa shape index (κ2) is 10.7. The Balaban J connectivity index is 2.10. The topological polar surface area (TPSA) is 80.3 Å². The molecule has 0 unspecified atom stereocenters. The van der Waals surface area contributed by atoms with Crippen molar-refractivity contribution in [2.24, 2.45) is 5.92 Å². The van der Waals surface area contributed by atoms with E-state index in [1.54, 1.807) is 12.1 Å². The van der Waals surface area contributed by atoms with Crippen molar-refractivity contribution < 1.29 is 33.3 Å². The van der Waals surface area contributed by atoms with E-state index in [1.165, 1.54) is 39.5 Å². The number of carbonyl (C=O) groups is 2. The van der Waals surface area contributed by atoms with Gasteiger partial charge in [-0.2, -0.15) is 0 Å².